The Kier molecular flexibility index (Phi) is 4.70. The molecule has 0 spiro atoms. The lowest BCUT2D eigenvalue weighted by molar-refractivity contribution is -0.182. The van der Waals surface area contributed by atoms with Crippen LogP contribution in [0.25, 0.3) is 0 Å². The summed E-state index contributed by atoms with van der Waals surface area (Å²) in [6, 6.07) is 18.2. The van der Waals surface area contributed by atoms with Crippen LogP contribution >= 0.6 is 0 Å². The zero-order valence-corrected chi connectivity index (χ0v) is 15.3. The number of esters is 2. The fraction of sp³-hybridized carbons (Fsp3) is 0.364. The Bertz CT molecular complexity index is 821. The van der Waals surface area contributed by atoms with Crippen molar-refractivity contribution in [3.63, 3.8) is 0 Å². The van der Waals surface area contributed by atoms with Crippen molar-refractivity contribution in [1.29, 1.82) is 0 Å². The van der Waals surface area contributed by atoms with Crippen molar-refractivity contribution < 1.29 is 19.1 Å². The van der Waals surface area contributed by atoms with Gasteiger partial charge in [0.25, 0.3) is 0 Å². The van der Waals surface area contributed by atoms with Gasteiger partial charge in [0.15, 0.2) is 6.10 Å². The molecule has 2 aliphatic heterocycles. The predicted molar refractivity (Wildman–Crippen MR) is 100 cm³/mol. The summed E-state index contributed by atoms with van der Waals surface area (Å²) in [6.07, 6.45) is 2.72. The molecule has 2 saturated heterocycles. The summed E-state index contributed by atoms with van der Waals surface area (Å²) in [5.74, 6) is -0.764. The van der Waals surface area contributed by atoms with Gasteiger partial charge < -0.3 is 9.47 Å². The molecule has 0 saturated carbocycles. The molecular weight excluding hydrogens is 342 g/mol. The lowest BCUT2D eigenvalue weighted by atomic mass is 9.96. The molecule has 5 nitrogen and oxygen atoms in total. The largest absolute Gasteiger partial charge is 0.453 e. The van der Waals surface area contributed by atoms with Gasteiger partial charge in [-0.25, -0.2) is 9.59 Å². The lowest BCUT2D eigenvalue weighted by Crippen LogP contribution is -2.60. The van der Waals surface area contributed by atoms with Crippen LogP contribution in [0.3, 0.4) is 0 Å². The zero-order valence-electron chi connectivity index (χ0n) is 15.3. The van der Waals surface area contributed by atoms with Crippen LogP contribution in [-0.2, 0) is 9.47 Å². The fourth-order valence-corrected chi connectivity index (χ4v) is 4.25. The van der Waals surface area contributed by atoms with E-state index in [1.165, 1.54) is 0 Å². The number of likely N-dealkylation sites (N-methyl/N-ethyl adjacent to an activating group) is 1. The molecule has 4 rings (SSSR count). The first-order valence-electron chi connectivity index (χ1n) is 9.37. The molecule has 0 aromatic heterocycles. The zero-order chi connectivity index (χ0) is 18.9. The Hall–Kier alpha value is -2.66. The van der Waals surface area contributed by atoms with Gasteiger partial charge in [-0.1, -0.05) is 36.4 Å². The Labute approximate surface area is 158 Å². The normalized spacial score (nSPS) is 27.1. The number of ether oxygens (including phenoxy) is 2. The van der Waals surface area contributed by atoms with E-state index in [4.69, 9.17) is 9.47 Å². The molecule has 0 unspecified atom stereocenters. The molecule has 2 aromatic rings. The molecule has 0 amide bonds. The van der Waals surface area contributed by atoms with Crippen LogP contribution in [0.5, 0.6) is 0 Å². The highest BCUT2D eigenvalue weighted by atomic mass is 16.6. The molecule has 0 aliphatic carbocycles. The number of carbonyl (C=O) groups excluding carboxylic acids is 2. The molecular formula is C22H23NO4. The molecule has 140 valence electrons. The molecule has 2 aromatic carbocycles. The van der Waals surface area contributed by atoms with Gasteiger partial charge in [0.05, 0.1) is 11.1 Å². The second-order valence-corrected chi connectivity index (χ2v) is 7.24. The van der Waals surface area contributed by atoms with Gasteiger partial charge in [0.2, 0.25) is 5.72 Å². The van der Waals surface area contributed by atoms with Crippen LogP contribution in [0.15, 0.2) is 60.7 Å². The first kappa shape index (κ1) is 17.7. The summed E-state index contributed by atoms with van der Waals surface area (Å²) in [4.78, 5) is 27.4. The van der Waals surface area contributed by atoms with E-state index in [2.05, 4.69) is 4.90 Å². The standard InChI is InChI=1S/C22H23NO4/c1-23-18-12-13-19(26-20(24)16-8-4-2-5-9-16)22(23,15-14-18)27-21(25)17-10-6-3-7-11-17/h2-11,18-19H,12-15H2,1H3/t18-,19-,22-/m1/s1. The topological polar surface area (TPSA) is 55.8 Å². The summed E-state index contributed by atoms with van der Waals surface area (Å²) in [5.41, 5.74) is 0.104. The van der Waals surface area contributed by atoms with E-state index in [1.807, 2.05) is 31.3 Å². The van der Waals surface area contributed by atoms with Gasteiger partial charge in [0.1, 0.15) is 0 Å². The first-order chi connectivity index (χ1) is 13.1. The van der Waals surface area contributed by atoms with Crippen molar-refractivity contribution in [1.82, 2.24) is 4.90 Å². The highest BCUT2D eigenvalue weighted by molar-refractivity contribution is 5.90. The van der Waals surface area contributed by atoms with Gasteiger partial charge in [0, 0.05) is 12.5 Å². The van der Waals surface area contributed by atoms with Crippen LogP contribution < -0.4 is 0 Å². The van der Waals surface area contributed by atoms with Crippen molar-refractivity contribution >= 4 is 11.9 Å². The lowest BCUT2D eigenvalue weighted by Gasteiger charge is -2.46. The minimum Gasteiger partial charge on any atom is -0.453 e. The number of hydrogen-bond acceptors (Lipinski definition) is 5. The number of fused-ring (bicyclic) bond motifs is 2. The van der Waals surface area contributed by atoms with Gasteiger partial charge in [-0.15, -0.1) is 0 Å². The second kappa shape index (κ2) is 7.16. The van der Waals surface area contributed by atoms with Crippen molar-refractivity contribution in [2.75, 3.05) is 7.05 Å². The monoisotopic (exact) mass is 365 g/mol. The van der Waals surface area contributed by atoms with Crippen LogP contribution in [-0.4, -0.2) is 41.8 Å². The quantitative estimate of drug-likeness (QED) is 0.774. The summed E-state index contributed by atoms with van der Waals surface area (Å²) in [6.45, 7) is 0. The van der Waals surface area contributed by atoms with E-state index in [9.17, 15) is 9.59 Å². The van der Waals surface area contributed by atoms with Crippen LogP contribution in [0, 0.1) is 0 Å². The minimum absolute atomic E-state index is 0.347. The number of rotatable bonds is 4. The third-order valence-electron chi connectivity index (χ3n) is 5.78. The number of hydrogen-bond donors (Lipinski definition) is 0. The maximum Gasteiger partial charge on any atom is 0.340 e. The molecule has 2 aliphatic rings. The molecule has 5 heteroatoms. The Morgan fingerprint density at radius 2 is 1.48 bits per heavy atom. The fourth-order valence-electron chi connectivity index (χ4n) is 4.25. The molecule has 27 heavy (non-hydrogen) atoms. The van der Waals surface area contributed by atoms with Gasteiger partial charge in [-0.05, 0) is 50.6 Å². The van der Waals surface area contributed by atoms with E-state index >= 15 is 0 Å². The average Bonchev–Trinajstić information content (AvgIpc) is 2.91. The Balaban J connectivity index is 1.58. The van der Waals surface area contributed by atoms with Gasteiger partial charge in [-0.3, -0.25) is 4.90 Å². The van der Waals surface area contributed by atoms with Crippen molar-refractivity contribution in [2.24, 2.45) is 0 Å². The molecule has 3 atom stereocenters. The Morgan fingerprint density at radius 1 is 0.889 bits per heavy atom. The van der Waals surface area contributed by atoms with Gasteiger partial charge in [-0.2, -0.15) is 0 Å². The maximum atomic E-state index is 12.8. The van der Waals surface area contributed by atoms with E-state index < -0.39 is 11.8 Å². The summed E-state index contributed by atoms with van der Waals surface area (Å²) in [7, 11) is 1.96. The maximum absolute atomic E-state index is 12.8. The highest BCUT2D eigenvalue weighted by Gasteiger charge is 2.57. The summed E-state index contributed by atoms with van der Waals surface area (Å²) < 4.78 is 11.9. The predicted octanol–water partition coefficient (Wildman–Crippen LogP) is 3.65. The van der Waals surface area contributed by atoms with Crippen molar-refractivity contribution in [3.05, 3.63) is 71.8 Å². The van der Waals surface area contributed by atoms with E-state index in [-0.39, 0.29) is 11.9 Å². The summed E-state index contributed by atoms with van der Waals surface area (Å²) in [5, 5.41) is 0. The van der Waals surface area contributed by atoms with Crippen LogP contribution in [0.4, 0.5) is 0 Å². The first-order valence-corrected chi connectivity index (χ1v) is 9.37. The Morgan fingerprint density at radius 3 is 2.11 bits per heavy atom. The number of benzene rings is 2. The van der Waals surface area contributed by atoms with Crippen molar-refractivity contribution in [3.8, 4) is 0 Å². The third kappa shape index (κ3) is 3.23. The molecule has 2 bridgehead atoms. The molecule has 0 radical (unpaired) electrons. The van der Waals surface area contributed by atoms with E-state index in [1.54, 1.807) is 36.4 Å². The van der Waals surface area contributed by atoms with E-state index in [0.717, 1.165) is 12.8 Å². The van der Waals surface area contributed by atoms with Crippen LogP contribution in [0.1, 0.15) is 46.4 Å². The average molecular weight is 365 g/mol. The highest BCUT2D eigenvalue weighted by Crippen LogP contribution is 2.45. The number of carbonyl (C=O) groups is 2. The molecule has 2 fully saturated rings. The van der Waals surface area contributed by atoms with E-state index in [0.29, 0.717) is 30.0 Å². The molecule has 0 N–H and O–H groups in total. The minimum atomic E-state index is -0.902. The summed E-state index contributed by atoms with van der Waals surface area (Å²) >= 11 is 0. The van der Waals surface area contributed by atoms with Crippen LogP contribution in [0.2, 0.25) is 0 Å². The smallest absolute Gasteiger partial charge is 0.340 e. The number of piperidine rings is 1. The van der Waals surface area contributed by atoms with Gasteiger partial charge >= 0.3 is 11.9 Å². The number of nitrogens with zero attached hydrogens (tertiary/aromatic N) is 1. The van der Waals surface area contributed by atoms with Crippen molar-refractivity contribution in [2.45, 2.75) is 43.6 Å². The third-order valence-corrected chi connectivity index (χ3v) is 5.78. The molecule has 2 heterocycles. The second-order valence-electron chi connectivity index (χ2n) is 7.24. The SMILES string of the molecule is CN1[C@@H]2CC[C@@H](OC(=O)c3ccccc3)[C@]1(OC(=O)c1ccccc1)CC2.